The number of carboxylic acids is 1. The van der Waals surface area contributed by atoms with Crippen LogP contribution in [0.5, 0.6) is 0 Å². The fraction of sp³-hybridized carbons (Fsp3) is 0.776. The van der Waals surface area contributed by atoms with Gasteiger partial charge in [0.25, 0.3) is 5.91 Å². The van der Waals surface area contributed by atoms with Crippen LogP contribution in [0.4, 0.5) is 5.69 Å². The van der Waals surface area contributed by atoms with Crippen molar-refractivity contribution in [2.75, 3.05) is 77.9 Å². The van der Waals surface area contributed by atoms with E-state index >= 15 is 0 Å². The lowest BCUT2D eigenvalue weighted by Crippen LogP contribution is -2.57. The summed E-state index contributed by atoms with van der Waals surface area (Å²) in [5, 5.41) is 20.3. The van der Waals surface area contributed by atoms with Crippen LogP contribution < -0.4 is 21.3 Å². The number of hydrogen-bond donors (Lipinski definition) is 5. The molecular weight excluding hydrogens is 1010 g/mol. The minimum absolute atomic E-state index is 0.0113. The number of ketones is 2. The summed E-state index contributed by atoms with van der Waals surface area (Å²) in [6, 6.07) is 3.98. The van der Waals surface area contributed by atoms with Gasteiger partial charge in [-0.25, -0.2) is 0 Å². The fourth-order valence-electron chi connectivity index (χ4n) is 9.84. The van der Waals surface area contributed by atoms with E-state index in [4.69, 9.17) is 43.0 Å². The van der Waals surface area contributed by atoms with E-state index in [2.05, 4.69) is 62.8 Å². The van der Waals surface area contributed by atoms with Crippen molar-refractivity contribution in [3.05, 3.63) is 29.3 Å². The summed E-state index contributed by atoms with van der Waals surface area (Å²) < 4.78 is 47.2. The lowest BCUT2D eigenvalue weighted by atomic mass is 9.81. The van der Waals surface area contributed by atoms with Crippen molar-refractivity contribution < 1.29 is 76.6 Å². The molecule has 0 saturated carbocycles. The summed E-state index contributed by atoms with van der Waals surface area (Å²) in [5.74, 6) is -1.32. The highest BCUT2D eigenvalue weighted by atomic mass is 16.7. The predicted octanol–water partition coefficient (Wildman–Crippen LogP) is 7.58. The molecule has 444 valence electrons. The van der Waals surface area contributed by atoms with Crippen LogP contribution in [0, 0.1) is 23.7 Å². The molecule has 20 nitrogen and oxygen atoms in total. The van der Waals surface area contributed by atoms with Crippen molar-refractivity contribution >= 4 is 46.9 Å². The Morgan fingerprint density at radius 2 is 0.974 bits per heavy atom. The van der Waals surface area contributed by atoms with Gasteiger partial charge < -0.3 is 64.3 Å². The molecule has 1 aromatic carbocycles. The maximum Gasteiger partial charge on any atom is 0.303 e. The fourth-order valence-corrected chi connectivity index (χ4v) is 9.84. The zero-order chi connectivity index (χ0) is 57.2. The first kappa shape index (κ1) is 67.9. The van der Waals surface area contributed by atoms with Gasteiger partial charge in [0.1, 0.15) is 5.78 Å². The molecular formula is C58H96N4O16. The molecule has 2 aliphatic heterocycles. The smallest absolute Gasteiger partial charge is 0.303 e. The molecule has 10 atom stereocenters. The number of hydrogen-bond acceptors (Lipinski definition) is 15. The highest BCUT2D eigenvalue weighted by Crippen LogP contribution is 2.34. The SMILES string of the molecule is CC[C@H]1OC(OCCOCCOCCCC(=O)c2cc(NC(=O)CCC(=O)CCCCCCCCCCC(=O)O)cc(C(=O)NCCOCCOCCOC3O[C@H](CC)[C@H](C)[C@H](C)[C@H]3NC(C)=O)c2)[C@H](NC(C)=O)[C@@H](C)[C@H]1C. The van der Waals surface area contributed by atoms with Crippen LogP contribution in [-0.4, -0.2) is 156 Å². The van der Waals surface area contributed by atoms with Gasteiger partial charge in [-0.3, -0.25) is 33.6 Å². The number of unbranched alkanes of at least 4 members (excludes halogenated alkanes) is 7. The monoisotopic (exact) mass is 1100 g/mol. The van der Waals surface area contributed by atoms with Crippen molar-refractivity contribution in [2.45, 2.75) is 195 Å². The summed E-state index contributed by atoms with van der Waals surface area (Å²) in [6.07, 6.45) is 9.01. The molecule has 3 rings (SSSR count). The van der Waals surface area contributed by atoms with Gasteiger partial charge in [0.05, 0.1) is 83.8 Å². The van der Waals surface area contributed by atoms with Gasteiger partial charge >= 0.3 is 5.97 Å². The molecule has 0 aromatic heterocycles. The third-order valence-corrected chi connectivity index (χ3v) is 14.7. The van der Waals surface area contributed by atoms with E-state index in [-0.39, 0.29) is 160 Å². The van der Waals surface area contributed by atoms with E-state index in [0.717, 1.165) is 57.8 Å². The summed E-state index contributed by atoms with van der Waals surface area (Å²) in [5.41, 5.74) is 0.660. The summed E-state index contributed by atoms with van der Waals surface area (Å²) in [7, 11) is 0. The van der Waals surface area contributed by atoms with Crippen molar-refractivity contribution in [3.63, 3.8) is 0 Å². The van der Waals surface area contributed by atoms with Crippen LogP contribution in [-0.2, 0) is 61.9 Å². The second kappa shape index (κ2) is 39.1. The van der Waals surface area contributed by atoms with Gasteiger partial charge in [-0.1, -0.05) is 80.1 Å². The summed E-state index contributed by atoms with van der Waals surface area (Å²) >= 11 is 0. The second-order valence-electron chi connectivity index (χ2n) is 20.9. The molecule has 0 spiro atoms. The lowest BCUT2D eigenvalue weighted by Gasteiger charge is -2.44. The number of aliphatic carboxylic acids is 1. The topological polar surface area (TPSA) is 262 Å². The van der Waals surface area contributed by atoms with Gasteiger partial charge in [-0.05, 0) is 74.0 Å². The zero-order valence-corrected chi connectivity index (χ0v) is 48.2. The van der Waals surface area contributed by atoms with Gasteiger partial charge in [0.15, 0.2) is 18.4 Å². The quantitative estimate of drug-likeness (QED) is 0.0312. The zero-order valence-electron chi connectivity index (χ0n) is 48.2. The molecule has 1 aromatic rings. The number of nitrogens with one attached hydrogen (secondary N) is 4. The highest BCUT2D eigenvalue weighted by Gasteiger charge is 2.43. The van der Waals surface area contributed by atoms with E-state index in [9.17, 15) is 33.6 Å². The first-order valence-corrected chi connectivity index (χ1v) is 28.8. The van der Waals surface area contributed by atoms with Crippen LogP contribution in [0.25, 0.3) is 0 Å². The van der Waals surface area contributed by atoms with E-state index in [1.807, 2.05) is 0 Å². The van der Waals surface area contributed by atoms with E-state index in [1.54, 1.807) is 0 Å². The van der Waals surface area contributed by atoms with Crippen molar-refractivity contribution in [2.24, 2.45) is 23.7 Å². The van der Waals surface area contributed by atoms with Crippen molar-refractivity contribution in [3.8, 4) is 0 Å². The van der Waals surface area contributed by atoms with Crippen LogP contribution in [0.3, 0.4) is 0 Å². The molecule has 2 saturated heterocycles. The highest BCUT2D eigenvalue weighted by molar-refractivity contribution is 6.03. The first-order chi connectivity index (χ1) is 37.4. The number of rotatable bonds is 42. The van der Waals surface area contributed by atoms with Gasteiger partial charge in [-0.15, -0.1) is 0 Å². The number of amides is 4. The molecule has 2 fully saturated rings. The van der Waals surface area contributed by atoms with Gasteiger partial charge in [-0.2, -0.15) is 0 Å². The maximum absolute atomic E-state index is 13.5. The number of anilines is 1. The minimum Gasteiger partial charge on any atom is -0.481 e. The molecule has 0 bridgehead atoms. The average Bonchev–Trinajstić information content (AvgIpc) is 3.41. The Morgan fingerprint density at radius 3 is 1.47 bits per heavy atom. The number of carbonyl (C=O) groups excluding carboxylic acids is 6. The maximum atomic E-state index is 13.5. The Hall–Kier alpha value is -4.41. The van der Waals surface area contributed by atoms with Crippen LogP contribution in [0.1, 0.15) is 179 Å². The Kier molecular flexibility index (Phi) is 34.0. The molecule has 20 heteroatoms. The molecule has 2 unspecified atom stereocenters. The Bertz CT molecular complexity index is 1860. The molecule has 0 aliphatic carbocycles. The standard InChI is InChI=1S/C58H96N4O16/c1-9-50-39(3)41(5)54(60-43(7)63)57(77-50)75-34-32-73-30-28-71-26-19-21-49(66)45-36-46(38-47(37-45)62-52(67)24-23-48(65)20-17-15-13-11-12-14-16-18-22-53(68)69)56(70)59-25-27-72-29-31-74-33-35-76-58-55(61-44(8)64)42(6)40(4)51(10-2)78-58/h36-42,50-51,54-55,57-58H,9-35H2,1-8H3,(H,59,70)(H,60,63)(H,61,64)(H,62,67)(H,68,69)/t39-,40-,41+,42+,50-,51-,54-,55-,57?,58?/m1/s1. The van der Waals surface area contributed by atoms with Gasteiger partial charge in [0, 0.05) is 75.9 Å². The molecule has 2 heterocycles. The minimum atomic E-state index is -0.764. The Balaban J connectivity index is 1.44. The number of carbonyl (C=O) groups is 7. The Labute approximate surface area is 463 Å². The normalized spacial score (nSPS) is 23.1. The van der Waals surface area contributed by atoms with Crippen molar-refractivity contribution in [1.82, 2.24) is 16.0 Å². The summed E-state index contributed by atoms with van der Waals surface area (Å²) in [6.45, 7) is 18.5. The number of carboxylic acid groups (broad SMARTS) is 1. The number of ether oxygens (including phenoxy) is 8. The number of benzene rings is 1. The average molecular weight is 1110 g/mol. The van der Waals surface area contributed by atoms with Crippen LogP contribution in [0.2, 0.25) is 0 Å². The Morgan fingerprint density at radius 1 is 0.513 bits per heavy atom. The third kappa shape index (κ3) is 26.7. The number of Topliss-reactive ketones (excluding diaryl/α,β-unsaturated/α-hetero) is 2. The third-order valence-electron chi connectivity index (χ3n) is 14.7. The second-order valence-corrected chi connectivity index (χ2v) is 20.9. The molecule has 78 heavy (non-hydrogen) atoms. The first-order valence-electron chi connectivity index (χ1n) is 28.8. The predicted molar refractivity (Wildman–Crippen MR) is 294 cm³/mol. The van der Waals surface area contributed by atoms with Gasteiger partial charge in [0.2, 0.25) is 17.7 Å². The molecule has 5 N–H and O–H groups in total. The molecule has 4 amide bonds. The van der Waals surface area contributed by atoms with E-state index in [1.165, 1.54) is 32.0 Å². The van der Waals surface area contributed by atoms with E-state index < -0.39 is 30.4 Å². The lowest BCUT2D eigenvalue weighted by molar-refractivity contribution is -0.239. The molecule has 2 aliphatic rings. The molecule has 0 radical (unpaired) electrons. The summed E-state index contributed by atoms with van der Waals surface area (Å²) in [4.78, 5) is 87.2. The largest absolute Gasteiger partial charge is 0.481 e. The van der Waals surface area contributed by atoms with Crippen molar-refractivity contribution in [1.29, 1.82) is 0 Å². The van der Waals surface area contributed by atoms with Crippen LogP contribution >= 0.6 is 0 Å². The van der Waals surface area contributed by atoms with Crippen LogP contribution in [0.15, 0.2) is 18.2 Å². The van der Waals surface area contributed by atoms with E-state index in [0.29, 0.717) is 45.7 Å².